The third kappa shape index (κ3) is 3.65. The van der Waals surface area contributed by atoms with Gasteiger partial charge in [-0.15, -0.1) is 0 Å². The average molecular weight is 293 g/mol. The second kappa shape index (κ2) is 7.28. The van der Waals surface area contributed by atoms with Crippen molar-refractivity contribution in [1.29, 1.82) is 0 Å². The molecule has 0 bridgehead atoms. The molecule has 0 saturated carbocycles. The summed E-state index contributed by atoms with van der Waals surface area (Å²) in [5.74, 6) is -0.379. The van der Waals surface area contributed by atoms with Gasteiger partial charge in [-0.25, -0.2) is 4.79 Å². The van der Waals surface area contributed by atoms with Crippen molar-refractivity contribution >= 4 is 17.3 Å². The van der Waals surface area contributed by atoms with E-state index in [-0.39, 0.29) is 12.6 Å². The molecule has 1 heterocycles. The van der Waals surface area contributed by atoms with Crippen molar-refractivity contribution < 1.29 is 14.6 Å². The van der Waals surface area contributed by atoms with Gasteiger partial charge in [0, 0.05) is 32.7 Å². The van der Waals surface area contributed by atoms with Crippen LogP contribution in [0.25, 0.3) is 0 Å². The quantitative estimate of drug-likeness (QED) is 0.610. The molecule has 0 atom stereocenters. The Morgan fingerprint density at radius 3 is 2.67 bits per heavy atom. The fourth-order valence-electron chi connectivity index (χ4n) is 2.57. The van der Waals surface area contributed by atoms with Crippen LogP contribution < -0.4 is 10.6 Å². The highest BCUT2D eigenvalue weighted by molar-refractivity contribution is 5.98. The van der Waals surface area contributed by atoms with Crippen LogP contribution in [0.3, 0.4) is 0 Å². The smallest absolute Gasteiger partial charge is 0.340 e. The van der Waals surface area contributed by atoms with Crippen LogP contribution in [-0.2, 0) is 4.74 Å². The Morgan fingerprint density at radius 1 is 1.33 bits per heavy atom. The van der Waals surface area contributed by atoms with Gasteiger partial charge in [0.25, 0.3) is 0 Å². The molecule has 6 nitrogen and oxygen atoms in total. The van der Waals surface area contributed by atoms with Crippen molar-refractivity contribution in [2.24, 2.45) is 0 Å². The van der Waals surface area contributed by atoms with Gasteiger partial charge in [0.05, 0.1) is 30.2 Å². The van der Waals surface area contributed by atoms with Crippen molar-refractivity contribution in [2.75, 3.05) is 56.6 Å². The number of aliphatic hydroxyl groups is 1. The molecule has 1 aromatic rings. The van der Waals surface area contributed by atoms with E-state index in [2.05, 4.69) is 9.80 Å². The van der Waals surface area contributed by atoms with Gasteiger partial charge in [-0.2, -0.15) is 0 Å². The van der Waals surface area contributed by atoms with E-state index in [4.69, 9.17) is 15.6 Å². The fourth-order valence-corrected chi connectivity index (χ4v) is 2.57. The molecular weight excluding hydrogens is 270 g/mol. The molecule has 21 heavy (non-hydrogen) atoms. The number of nitrogens with two attached hydrogens (primary N) is 1. The lowest BCUT2D eigenvalue weighted by Crippen LogP contribution is -2.47. The van der Waals surface area contributed by atoms with E-state index in [1.54, 1.807) is 13.0 Å². The molecule has 1 aromatic carbocycles. The first-order chi connectivity index (χ1) is 10.2. The van der Waals surface area contributed by atoms with Crippen molar-refractivity contribution in [2.45, 2.75) is 6.92 Å². The monoisotopic (exact) mass is 293 g/mol. The molecule has 3 N–H and O–H groups in total. The maximum atomic E-state index is 11.9. The van der Waals surface area contributed by atoms with Crippen LogP contribution in [0.5, 0.6) is 0 Å². The number of carbonyl (C=O) groups excluding carboxylic acids is 1. The van der Waals surface area contributed by atoms with Gasteiger partial charge in [0.15, 0.2) is 0 Å². The molecule has 1 aliphatic rings. The number of esters is 1. The van der Waals surface area contributed by atoms with Gasteiger partial charge in [-0.3, -0.25) is 4.90 Å². The number of piperazine rings is 1. The summed E-state index contributed by atoms with van der Waals surface area (Å²) in [6.07, 6.45) is 0. The first-order valence-corrected chi connectivity index (χ1v) is 7.31. The Hall–Kier alpha value is -1.79. The van der Waals surface area contributed by atoms with E-state index < -0.39 is 0 Å². The summed E-state index contributed by atoms with van der Waals surface area (Å²) >= 11 is 0. The molecule has 2 rings (SSSR count). The van der Waals surface area contributed by atoms with Crippen molar-refractivity contribution in [3.63, 3.8) is 0 Å². The fraction of sp³-hybridized carbons (Fsp3) is 0.533. The largest absolute Gasteiger partial charge is 0.462 e. The number of benzene rings is 1. The van der Waals surface area contributed by atoms with Gasteiger partial charge in [-0.05, 0) is 19.1 Å². The minimum Gasteiger partial charge on any atom is -0.462 e. The topological polar surface area (TPSA) is 79.0 Å². The Labute approximate surface area is 125 Å². The zero-order chi connectivity index (χ0) is 15.2. The van der Waals surface area contributed by atoms with Gasteiger partial charge in [0.1, 0.15) is 0 Å². The lowest BCUT2D eigenvalue weighted by Gasteiger charge is -2.36. The van der Waals surface area contributed by atoms with E-state index in [9.17, 15) is 4.79 Å². The molecule has 6 heteroatoms. The third-order valence-corrected chi connectivity index (χ3v) is 3.71. The van der Waals surface area contributed by atoms with E-state index >= 15 is 0 Å². The average Bonchev–Trinajstić information content (AvgIpc) is 2.49. The van der Waals surface area contributed by atoms with Gasteiger partial charge in [-0.1, -0.05) is 6.07 Å². The molecule has 1 aliphatic heterocycles. The molecule has 0 aromatic heterocycles. The first kappa shape index (κ1) is 15.6. The number of anilines is 2. The molecule has 0 amide bonds. The maximum absolute atomic E-state index is 11.9. The van der Waals surface area contributed by atoms with E-state index in [1.807, 2.05) is 12.1 Å². The maximum Gasteiger partial charge on any atom is 0.340 e. The first-order valence-electron chi connectivity index (χ1n) is 7.31. The number of hydrogen-bond acceptors (Lipinski definition) is 6. The van der Waals surface area contributed by atoms with Crippen LogP contribution in [0.4, 0.5) is 11.4 Å². The summed E-state index contributed by atoms with van der Waals surface area (Å²) in [6, 6.07) is 5.46. The highest BCUT2D eigenvalue weighted by Crippen LogP contribution is 2.28. The minimum atomic E-state index is -0.379. The van der Waals surface area contributed by atoms with Gasteiger partial charge >= 0.3 is 5.97 Å². The van der Waals surface area contributed by atoms with Crippen LogP contribution in [0, 0.1) is 0 Å². The number of rotatable bonds is 5. The van der Waals surface area contributed by atoms with Gasteiger partial charge in [0.2, 0.25) is 0 Å². The summed E-state index contributed by atoms with van der Waals surface area (Å²) in [5.41, 5.74) is 7.92. The Kier molecular flexibility index (Phi) is 5.41. The van der Waals surface area contributed by atoms with Crippen LogP contribution in [0.1, 0.15) is 17.3 Å². The summed E-state index contributed by atoms with van der Waals surface area (Å²) < 4.78 is 5.03. The lowest BCUT2D eigenvalue weighted by molar-refractivity contribution is 0.0527. The number of para-hydroxylation sites is 1. The molecule has 0 aliphatic carbocycles. The number of ether oxygens (including phenoxy) is 1. The molecule has 116 valence electrons. The molecule has 0 unspecified atom stereocenters. The zero-order valence-electron chi connectivity index (χ0n) is 12.4. The minimum absolute atomic E-state index is 0.181. The Morgan fingerprint density at radius 2 is 2.05 bits per heavy atom. The molecule has 0 radical (unpaired) electrons. The Balaban J connectivity index is 2.11. The highest BCUT2D eigenvalue weighted by Gasteiger charge is 2.21. The SMILES string of the molecule is CCOC(=O)c1cccc(N2CCN(CCO)CC2)c1N. The highest BCUT2D eigenvalue weighted by atomic mass is 16.5. The van der Waals surface area contributed by atoms with E-state index in [0.717, 1.165) is 31.9 Å². The van der Waals surface area contributed by atoms with Gasteiger partial charge < -0.3 is 20.5 Å². The second-order valence-corrected chi connectivity index (χ2v) is 5.01. The number of nitrogen functional groups attached to an aromatic ring is 1. The molecule has 1 fully saturated rings. The Bertz CT molecular complexity index is 485. The summed E-state index contributed by atoms with van der Waals surface area (Å²) in [6.45, 7) is 6.41. The van der Waals surface area contributed by atoms with Crippen molar-refractivity contribution in [3.05, 3.63) is 23.8 Å². The normalized spacial score (nSPS) is 16.0. The molecule has 1 saturated heterocycles. The predicted octanol–water partition coefficient (Wildman–Crippen LogP) is 0.560. The van der Waals surface area contributed by atoms with Crippen LogP contribution >= 0.6 is 0 Å². The number of β-amino-alcohol motifs (C(OH)–C–C–N with tert-alkyl or cyclic N) is 1. The van der Waals surface area contributed by atoms with Crippen LogP contribution in [0.2, 0.25) is 0 Å². The van der Waals surface area contributed by atoms with Crippen LogP contribution in [-0.4, -0.2) is 61.9 Å². The standard InChI is InChI=1S/C15H23N3O3/c1-2-21-15(20)12-4-3-5-13(14(12)16)18-8-6-17(7-9-18)10-11-19/h3-5,19H,2,6-11,16H2,1H3. The summed E-state index contributed by atoms with van der Waals surface area (Å²) in [5, 5.41) is 8.97. The summed E-state index contributed by atoms with van der Waals surface area (Å²) in [4.78, 5) is 16.3. The van der Waals surface area contributed by atoms with E-state index in [0.29, 0.717) is 24.4 Å². The third-order valence-electron chi connectivity index (χ3n) is 3.71. The second-order valence-electron chi connectivity index (χ2n) is 5.01. The zero-order valence-corrected chi connectivity index (χ0v) is 12.4. The lowest BCUT2D eigenvalue weighted by atomic mass is 10.1. The number of nitrogens with zero attached hydrogens (tertiary/aromatic N) is 2. The number of aliphatic hydroxyl groups excluding tert-OH is 1. The molecule has 0 spiro atoms. The number of hydrogen-bond donors (Lipinski definition) is 2. The summed E-state index contributed by atoms with van der Waals surface area (Å²) in [7, 11) is 0. The molecular formula is C15H23N3O3. The number of carbonyl (C=O) groups is 1. The predicted molar refractivity (Wildman–Crippen MR) is 82.5 cm³/mol. The van der Waals surface area contributed by atoms with E-state index in [1.165, 1.54) is 0 Å². The van der Waals surface area contributed by atoms with Crippen molar-refractivity contribution in [3.8, 4) is 0 Å². The van der Waals surface area contributed by atoms with Crippen molar-refractivity contribution in [1.82, 2.24) is 4.90 Å². The van der Waals surface area contributed by atoms with Crippen LogP contribution in [0.15, 0.2) is 18.2 Å².